The normalized spacial score (nSPS) is 24.4. The molecule has 0 N–H and O–H groups in total. The molecule has 3 aliphatic carbocycles. The number of imide groups is 1. The number of carbonyl (C=O) groups excluding carboxylic acids is 3. The number of nitrogens with zero attached hydrogens (tertiary/aromatic N) is 1. The van der Waals surface area contributed by atoms with Crippen LogP contribution in [0.3, 0.4) is 0 Å². The van der Waals surface area contributed by atoms with E-state index in [1.54, 1.807) is 24.3 Å². The lowest BCUT2D eigenvalue weighted by molar-refractivity contribution is -0.122. The van der Waals surface area contributed by atoms with Crippen molar-refractivity contribution in [3.8, 4) is 0 Å². The standard InChI is InChI=1S/C33H32BrNO4/c1-2-3-4-5-6-11-19-39-32(38)21-13-12-14-22(20-21)35-30(36)28-27-23-15-7-9-17-25(23)33(34,29(28)31(35)37)26-18-10-8-16-24(26)27/h7-10,12-18,20,27-29H,2-6,11,19H2,1H3/t27?,28-,29+,33?/m0/s1. The first kappa shape index (κ1) is 26.0. The number of anilines is 1. The van der Waals surface area contributed by atoms with Crippen LogP contribution in [0.15, 0.2) is 72.8 Å². The molecule has 1 heterocycles. The van der Waals surface area contributed by atoms with Gasteiger partial charge in [0.25, 0.3) is 0 Å². The Bertz CT molecular complexity index is 1400. The average molecular weight is 587 g/mol. The van der Waals surface area contributed by atoms with E-state index in [1.807, 2.05) is 24.3 Å². The number of rotatable bonds is 9. The van der Waals surface area contributed by atoms with Crippen LogP contribution in [-0.4, -0.2) is 24.4 Å². The van der Waals surface area contributed by atoms with Crippen molar-refractivity contribution in [2.45, 2.75) is 55.7 Å². The van der Waals surface area contributed by atoms with Gasteiger partial charge in [-0.05, 0) is 46.9 Å². The smallest absolute Gasteiger partial charge is 0.338 e. The topological polar surface area (TPSA) is 63.7 Å². The Balaban J connectivity index is 1.27. The van der Waals surface area contributed by atoms with E-state index in [0.29, 0.717) is 17.9 Å². The first-order chi connectivity index (χ1) is 19.0. The molecule has 1 aliphatic heterocycles. The van der Waals surface area contributed by atoms with Gasteiger partial charge in [-0.15, -0.1) is 0 Å². The van der Waals surface area contributed by atoms with Gasteiger partial charge in [-0.1, -0.05) is 110 Å². The van der Waals surface area contributed by atoms with E-state index >= 15 is 0 Å². The van der Waals surface area contributed by atoms with Crippen molar-refractivity contribution in [1.82, 2.24) is 0 Å². The van der Waals surface area contributed by atoms with E-state index < -0.39 is 22.1 Å². The number of carbonyl (C=O) groups is 3. The fourth-order valence-electron chi connectivity index (χ4n) is 6.84. The molecule has 0 radical (unpaired) electrons. The molecule has 2 atom stereocenters. The zero-order chi connectivity index (χ0) is 27.1. The van der Waals surface area contributed by atoms with Crippen LogP contribution >= 0.6 is 15.9 Å². The van der Waals surface area contributed by atoms with E-state index in [9.17, 15) is 14.4 Å². The maximum Gasteiger partial charge on any atom is 0.338 e. The van der Waals surface area contributed by atoms with Gasteiger partial charge < -0.3 is 4.74 Å². The van der Waals surface area contributed by atoms with Crippen molar-refractivity contribution in [3.05, 3.63) is 101 Å². The van der Waals surface area contributed by atoms with Crippen molar-refractivity contribution in [3.63, 3.8) is 0 Å². The molecule has 2 bridgehead atoms. The van der Waals surface area contributed by atoms with Crippen LogP contribution in [0.2, 0.25) is 0 Å². The molecule has 0 spiro atoms. The van der Waals surface area contributed by atoms with Crippen LogP contribution < -0.4 is 4.90 Å². The van der Waals surface area contributed by atoms with Crippen molar-refractivity contribution >= 4 is 39.4 Å². The Kier molecular flexibility index (Phi) is 6.92. The number of hydrogen-bond acceptors (Lipinski definition) is 4. The van der Waals surface area contributed by atoms with E-state index in [0.717, 1.165) is 41.5 Å². The molecule has 1 fully saturated rings. The van der Waals surface area contributed by atoms with E-state index in [2.05, 4.69) is 47.1 Å². The molecule has 3 aromatic carbocycles. The van der Waals surface area contributed by atoms with Crippen LogP contribution in [0.25, 0.3) is 0 Å². The van der Waals surface area contributed by atoms with Crippen molar-refractivity contribution < 1.29 is 19.1 Å². The summed E-state index contributed by atoms with van der Waals surface area (Å²) in [5, 5.41) is 0. The molecule has 0 aromatic heterocycles. The molecule has 3 aromatic rings. The van der Waals surface area contributed by atoms with Gasteiger partial charge >= 0.3 is 5.97 Å². The molecule has 5 nitrogen and oxygen atoms in total. The van der Waals surface area contributed by atoms with Gasteiger partial charge in [0, 0.05) is 5.92 Å². The van der Waals surface area contributed by atoms with E-state index in [4.69, 9.17) is 4.74 Å². The fourth-order valence-corrected chi connectivity index (χ4v) is 8.04. The number of halogens is 1. The zero-order valence-electron chi connectivity index (χ0n) is 22.1. The SMILES string of the molecule is CCCCCCCCOC(=O)c1cccc(N2C(=O)[C@H]3C4c5ccccc5C(Br)(c5ccccc54)[C@H]3C2=O)c1. The van der Waals surface area contributed by atoms with E-state index in [-0.39, 0.29) is 17.7 Å². The number of hydrogen-bond donors (Lipinski definition) is 0. The van der Waals surface area contributed by atoms with Crippen molar-refractivity contribution in [2.75, 3.05) is 11.5 Å². The molecule has 4 aliphatic rings. The van der Waals surface area contributed by atoms with E-state index in [1.165, 1.54) is 24.2 Å². The van der Waals surface area contributed by atoms with Gasteiger partial charge in [0.2, 0.25) is 11.8 Å². The van der Waals surface area contributed by atoms with Gasteiger partial charge in [-0.25, -0.2) is 9.69 Å². The fraction of sp³-hybridized carbons (Fsp3) is 0.364. The number of unbranched alkanes of at least 4 members (excludes halogenated alkanes) is 5. The summed E-state index contributed by atoms with van der Waals surface area (Å²) in [6.45, 7) is 2.55. The number of benzene rings is 3. The second-order valence-electron chi connectivity index (χ2n) is 10.8. The van der Waals surface area contributed by atoms with Gasteiger partial charge in [0.1, 0.15) is 0 Å². The Morgan fingerprint density at radius 3 is 2.18 bits per heavy atom. The highest BCUT2D eigenvalue weighted by Gasteiger charge is 2.67. The first-order valence-electron chi connectivity index (χ1n) is 14.0. The highest BCUT2D eigenvalue weighted by Crippen LogP contribution is 2.66. The third-order valence-corrected chi connectivity index (χ3v) is 9.93. The predicted octanol–water partition coefficient (Wildman–Crippen LogP) is 7.11. The highest BCUT2D eigenvalue weighted by molar-refractivity contribution is 9.09. The second-order valence-corrected chi connectivity index (χ2v) is 12.1. The zero-order valence-corrected chi connectivity index (χ0v) is 23.7. The summed E-state index contributed by atoms with van der Waals surface area (Å²) in [6.07, 6.45) is 6.65. The van der Waals surface area contributed by atoms with Crippen LogP contribution in [0, 0.1) is 11.8 Å². The Hall–Kier alpha value is -3.25. The average Bonchev–Trinajstić information content (AvgIpc) is 3.23. The molecule has 39 heavy (non-hydrogen) atoms. The van der Waals surface area contributed by atoms with Crippen molar-refractivity contribution in [2.24, 2.45) is 11.8 Å². The number of esters is 1. The summed E-state index contributed by atoms with van der Waals surface area (Å²) in [5.74, 6) is -2.20. The minimum atomic E-state index is -0.797. The molecule has 7 rings (SSSR count). The van der Waals surface area contributed by atoms with Gasteiger partial charge in [0.05, 0.1) is 34.0 Å². The summed E-state index contributed by atoms with van der Waals surface area (Å²) in [6, 6.07) is 22.9. The van der Waals surface area contributed by atoms with Crippen LogP contribution in [0.4, 0.5) is 5.69 Å². The maximum atomic E-state index is 14.1. The quantitative estimate of drug-likeness (QED) is 0.116. The van der Waals surface area contributed by atoms with Gasteiger partial charge in [0.15, 0.2) is 0 Å². The number of alkyl halides is 1. The highest BCUT2D eigenvalue weighted by atomic mass is 79.9. The molecular weight excluding hydrogens is 554 g/mol. The third-order valence-electron chi connectivity index (χ3n) is 8.59. The lowest BCUT2D eigenvalue weighted by Crippen LogP contribution is -2.50. The molecular formula is C33H32BrNO4. The first-order valence-corrected chi connectivity index (χ1v) is 14.8. The molecule has 6 heteroatoms. The molecule has 2 amide bonds. The molecule has 0 unspecified atom stereocenters. The monoisotopic (exact) mass is 585 g/mol. The Labute approximate surface area is 237 Å². The minimum absolute atomic E-state index is 0.200. The Morgan fingerprint density at radius 1 is 0.846 bits per heavy atom. The minimum Gasteiger partial charge on any atom is -0.462 e. The van der Waals surface area contributed by atoms with Crippen LogP contribution in [0.5, 0.6) is 0 Å². The number of amides is 2. The predicted molar refractivity (Wildman–Crippen MR) is 154 cm³/mol. The maximum absolute atomic E-state index is 14.1. The third kappa shape index (κ3) is 4.07. The summed E-state index contributed by atoms with van der Waals surface area (Å²) >= 11 is 4.02. The summed E-state index contributed by atoms with van der Waals surface area (Å²) in [7, 11) is 0. The number of ether oxygens (including phenoxy) is 1. The lowest BCUT2D eigenvalue weighted by Gasteiger charge is -2.51. The summed E-state index contributed by atoms with van der Waals surface area (Å²) in [5.41, 5.74) is 5.03. The van der Waals surface area contributed by atoms with Crippen LogP contribution in [0.1, 0.15) is 84.0 Å². The molecule has 0 saturated carbocycles. The second kappa shape index (κ2) is 10.4. The summed E-state index contributed by atoms with van der Waals surface area (Å²) < 4.78 is 4.71. The van der Waals surface area contributed by atoms with Gasteiger partial charge in [-0.2, -0.15) is 0 Å². The largest absolute Gasteiger partial charge is 0.462 e. The van der Waals surface area contributed by atoms with Gasteiger partial charge in [-0.3, -0.25) is 9.59 Å². The molecule has 1 saturated heterocycles. The molecule has 200 valence electrons. The Morgan fingerprint density at radius 2 is 1.49 bits per heavy atom. The summed E-state index contributed by atoms with van der Waals surface area (Å²) in [4.78, 5) is 42.3. The van der Waals surface area contributed by atoms with Crippen LogP contribution in [-0.2, 0) is 18.7 Å². The van der Waals surface area contributed by atoms with Crippen molar-refractivity contribution in [1.29, 1.82) is 0 Å². The lowest BCUT2D eigenvalue weighted by atomic mass is 9.55.